The van der Waals surface area contributed by atoms with Crippen molar-refractivity contribution in [1.82, 2.24) is 10.2 Å². The van der Waals surface area contributed by atoms with Crippen molar-refractivity contribution < 1.29 is 4.79 Å². The molecule has 1 aromatic rings. The molecule has 0 aromatic heterocycles. The lowest BCUT2D eigenvalue weighted by molar-refractivity contribution is -0.128. The van der Waals surface area contributed by atoms with Gasteiger partial charge in [-0.3, -0.25) is 4.79 Å². The number of carbonyl (C=O) groups excluding carboxylic acids is 1. The van der Waals surface area contributed by atoms with Gasteiger partial charge in [-0.25, -0.2) is 0 Å². The molecule has 94 valence electrons. The zero-order valence-electron chi connectivity index (χ0n) is 10.6. The van der Waals surface area contributed by atoms with E-state index >= 15 is 0 Å². The Hall–Kier alpha value is -1.06. The Labute approximate surface area is 108 Å². The van der Waals surface area contributed by atoms with Gasteiger partial charge in [0, 0.05) is 38.6 Å². The molecule has 17 heavy (non-hydrogen) atoms. The van der Waals surface area contributed by atoms with Crippen molar-refractivity contribution in [2.45, 2.75) is 19.9 Å². The van der Waals surface area contributed by atoms with Crippen LogP contribution in [0.25, 0.3) is 0 Å². The third-order valence-electron chi connectivity index (χ3n) is 2.58. The summed E-state index contributed by atoms with van der Waals surface area (Å²) in [5.41, 5.74) is 2.22. The van der Waals surface area contributed by atoms with Crippen LogP contribution in [0.15, 0.2) is 18.2 Å². The zero-order valence-corrected chi connectivity index (χ0v) is 11.3. The summed E-state index contributed by atoms with van der Waals surface area (Å²) in [4.78, 5) is 12.9. The molecule has 1 aromatic carbocycles. The fourth-order valence-corrected chi connectivity index (χ4v) is 1.60. The highest BCUT2D eigenvalue weighted by Crippen LogP contribution is 2.16. The smallest absolute Gasteiger partial charge is 0.223 e. The number of benzene rings is 1. The van der Waals surface area contributed by atoms with Crippen LogP contribution in [-0.2, 0) is 11.3 Å². The molecule has 0 spiro atoms. The van der Waals surface area contributed by atoms with Gasteiger partial charge in [-0.2, -0.15) is 0 Å². The maximum atomic E-state index is 11.3. The van der Waals surface area contributed by atoms with Crippen molar-refractivity contribution in [2.24, 2.45) is 0 Å². The van der Waals surface area contributed by atoms with Crippen molar-refractivity contribution >= 4 is 17.5 Å². The molecule has 0 aliphatic heterocycles. The molecule has 1 rings (SSSR count). The average molecular weight is 255 g/mol. The Bertz CT molecular complexity index is 391. The molecule has 1 N–H and O–H groups in total. The number of amides is 1. The molecule has 0 aliphatic carbocycles. The van der Waals surface area contributed by atoms with Crippen LogP contribution in [0.3, 0.4) is 0 Å². The molecule has 0 radical (unpaired) electrons. The molecule has 0 unspecified atom stereocenters. The van der Waals surface area contributed by atoms with Gasteiger partial charge < -0.3 is 10.2 Å². The van der Waals surface area contributed by atoms with Crippen molar-refractivity contribution in [2.75, 3.05) is 20.6 Å². The second-order valence-electron chi connectivity index (χ2n) is 4.30. The molecule has 1 amide bonds. The summed E-state index contributed by atoms with van der Waals surface area (Å²) in [6, 6.07) is 6.00. The van der Waals surface area contributed by atoms with E-state index in [1.165, 1.54) is 0 Å². The maximum absolute atomic E-state index is 11.3. The highest BCUT2D eigenvalue weighted by atomic mass is 35.5. The van der Waals surface area contributed by atoms with Crippen molar-refractivity contribution in [3.05, 3.63) is 34.3 Å². The van der Waals surface area contributed by atoms with Crippen molar-refractivity contribution in [1.29, 1.82) is 0 Å². The minimum absolute atomic E-state index is 0.138. The Morgan fingerprint density at radius 2 is 2.12 bits per heavy atom. The van der Waals surface area contributed by atoms with Gasteiger partial charge in [0.2, 0.25) is 5.91 Å². The first-order valence-corrected chi connectivity index (χ1v) is 6.04. The summed E-state index contributed by atoms with van der Waals surface area (Å²) in [7, 11) is 3.53. The maximum Gasteiger partial charge on any atom is 0.223 e. The monoisotopic (exact) mass is 254 g/mol. The topological polar surface area (TPSA) is 32.3 Å². The SMILES string of the molecule is Cc1ccc(CNCCC(=O)N(C)C)cc1Cl. The predicted octanol–water partition coefficient (Wildman–Crippen LogP) is 2.22. The molecular weight excluding hydrogens is 236 g/mol. The normalized spacial score (nSPS) is 10.4. The largest absolute Gasteiger partial charge is 0.349 e. The third-order valence-corrected chi connectivity index (χ3v) is 2.99. The minimum Gasteiger partial charge on any atom is -0.349 e. The first-order valence-electron chi connectivity index (χ1n) is 5.66. The van der Waals surface area contributed by atoms with Gasteiger partial charge in [0.25, 0.3) is 0 Å². The first-order chi connectivity index (χ1) is 8.00. The van der Waals surface area contributed by atoms with Crippen LogP contribution in [-0.4, -0.2) is 31.4 Å². The number of rotatable bonds is 5. The van der Waals surface area contributed by atoms with Gasteiger partial charge in [-0.05, 0) is 24.1 Å². The first kappa shape index (κ1) is 14.0. The van der Waals surface area contributed by atoms with Crippen LogP contribution in [0, 0.1) is 6.92 Å². The van der Waals surface area contributed by atoms with E-state index in [0.29, 0.717) is 13.0 Å². The number of hydrogen-bond donors (Lipinski definition) is 1. The Balaban J connectivity index is 2.31. The number of hydrogen-bond acceptors (Lipinski definition) is 2. The second kappa shape index (κ2) is 6.62. The van der Waals surface area contributed by atoms with E-state index in [-0.39, 0.29) is 5.91 Å². The molecule has 0 saturated heterocycles. The lowest BCUT2D eigenvalue weighted by Gasteiger charge is -2.10. The van der Waals surface area contributed by atoms with Crippen LogP contribution in [0.5, 0.6) is 0 Å². The average Bonchev–Trinajstić information content (AvgIpc) is 2.28. The number of halogens is 1. The quantitative estimate of drug-likeness (QED) is 0.818. The van der Waals surface area contributed by atoms with Crippen LogP contribution in [0.2, 0.25) is 5.02 Å². The van der Waals surface area contributed by atoms with E-state index in [1.807, 2.05) is 25.1 Å². The Kier molecular flexibility index (Phi) is 5.45. The molecule has 0 saturated carbocycles. The zero-order chi connectivity index (χ0) is 12.8. The fraction of sp³-hybridized carbons (Fsp3) is 0.462. The van der Waals surface area contributed by atoms with E-state index in [0.717, 1.165) is 22.7 Å². The van der Waals surface area contributed by atoms with Crippen LogP contribution in [0.4, 0.5) is 0 Å². The summed E-state index contributed by atoms with van der Waals surface area (Å²) in [5.74, 6) is 0.138. The number of carbonyl (C=O) groups is 1. The van der Waals surface area contributed by atoms with Gasteiger partial charge in [-0.15, -0.1) is 0 Å². The lowest BCUT2D eigenvalue weighted by atomic mass is 10.1. The van der Waals surface area contributed by atoms with Crippen molar-refractivity contribution in [3.8, 4) is 0 Å². The highest BCUT2D eigenvalue weighted by molar-refractivity contribution is 6.31. The molecule has 0 heterocycles. The van der Waals surface area contributed by atoms with E-state index in [1.54, 1.807) is 19.0 Å². The van der Waals surface area contributed by atoms with E-state index < -0.39 is 0 Å². The van der Waals surface area contributed by atoms with Crippen LogP contribution < -0.4 is 5.32 Å². The van der Waals surface area contributed by atoms with Gasteiger partial charge in [-0.1, -0.05) is 23.7 Å². The summed E-state index contributed by atoms with van der Waals surface area (Å²) in [6.07, 6.45) is 0.520. The van der Waals surface area contributed by atoms with Gasteiger partial charge in [0.1, 0.15) is 0 Å². The predicted molar refractivity (Wildman–Crippen MR) is 71.2 cm³/mol. The molecule has 0 bridgehead atoms. The molecular formula is C13H19ClN2O. The molecule has 3 nitrogen and oxygen atoms in total. The van der Waals surface area contributed by atoms with E-state index in [9.17, 15) is 4.79 Å². The second-order valence-corrected chi connectivity index (χ2v) is 4.71. The standard InChI is InChI=1S/C13H19ClN2O/c1-10-4-5-11(8-12(10)14)9-15-7-6-13(17)16(2)3/h4-5,8,15H,6-7,9H2,1-3H3. The van der Waals surface area contributed by atoms with Crippen LogP contribution >= 0.6 is 11.6 Å². The summed E-state index contributed by atoms with van der Waals surface area (Å²) >= 11 is 6.03. The van der Waals surface area contributed by atoms with E-state index in [2.05, 4.69) is 5.32 Å². The molecule has 4 heteroatoms. The third kappa shape index (κ3) is 4.75. The molecule has 0 aliphatic rings. The Morgan fingerprint density at radius 1 is 1.41 bits per heavy atom. The summed E-state index contributed by atoms with van der Waals surface area (Å²) in [5, 5.41) is 4.01. The molecule has 0 atom stereocenters. The minimum atomic E-state index is 0.138. The Morgan fingerprint density at radius 3 is 2.71 bits per heavy atom. The number of aryl methyl sites for hydroxylation is 1. The summed E-state index contributed by atoms with van der Waals surface area (Å²) in [6.45, 7) is 3.40. The van der Waals surface area contributed by atoms with Gasteiger partial charge in [0.15, 0.2) is 0 Å². The molecule has 0 fully saturated rings. The number of nitrogens with one attached hydrogen (secondary N) is 1. The van der Waals surface area contributed by atoms with E-state index in [4.69, 9.17) is 11.6 Å². The van der Waals surface area contributed by atoms with Gasteiger partial charge >= 0.3 is 0 Å². The van der Waals surface area contributed by atoms with Crippen LogP contribution in [0.1, 0.15) is 17.5 Å². The highest BCUT2D eigenvalue weighted by Gasteiger charge is 2.03. The van der Waals surface area contributed by atoms with Gasteiger partial charge in [0.05, 0.1) is 0 Å². The summed E-state index contributed by atoms with van der Waals surface area (Å²) < 4.78 is 0. The fourth-order valence-electron chi connectivity index (χ4n) is 1.40. The number of nitrogens with zero attached hydrogens (tertiary/aromatic N) is 1. The van der Waals surface area contributed by atoms with Crippen molar-refractivity contribution in [3.63, 3.8) is 0 Å². The lowest BCUT2D eigenvalue weighted by Crippen LogP contribution is -2.26.